The Kier molecular flexibility index (Phi) is 29.7. The van der Waals surface area contributed by atoms with Crippen molar-refractivity contribution in [3.8, 4) is 11.1 Å². The highest BCUT2D eigenvalue weighted by molar-refractivity contribution is 5.96. The van der Waals surface area contributed by atoms with E-state index in [0.717, 1.165) is 22.3 Å². The third-order valence-electron chi connectivity index (χ3n) is 13.0. The first kappa shape index (κ1) is 76.5. The summed E-state index contributed by atoms with van der Waals surface area (Å²) in [6, 6.07) is 7.75. The molecule has 90 heavy (non-hydrogen) atoms. The van der Waals surface area contributed by atoms with Gasteiger partial charge in [-0.25, -0.2) is 19.2 Å². The first-order chi connectivity index (χ1) is 41.7. The molecule has 0 radical (unpaired) electrons. The van der Waals surface area contributed by atoms with Crippen molar-refractivity contribution in [2.45, 2.75) is 258 Å². The third kappa shape index (κ3) is 30.1. The normalized spacial score (nSPS) is 14.0. The minimum absolute atomic E-state index is 0.0586. The number of benzene rings is 2. The van der Waals surface area contributed by atoms with E-state index in [4.69, 9.17) is 33.2 Å². The van der Waals surface area contributed by atoms with Gasteiger partial charge in [-0.2, -0.15) is 0 Å². The second-order valence-electron chi connectivity index (χ2n) is 27.2. The number of fused-ring (bicyclic) bond motifs is 3. The van der Waals surface area contributed by atoms with Crippen molar-refractivity contribution in [1.29, 1.82) is 0 Å². The van der Waals surface area contributed by atoms with Crippen molar-refractivity contribution >= 4 is 65.7 Å². The standard InChI is InChI=1S/C66H100N6O18/c1-17-18-39-84-52(74)35-31-48(70-55(77)46(29-23-24-38-67-60(82)90-66(14,15)16)72-61(83)85-40-45-43-27-21-19-25-41(43)42-26-20-22-28-44(42)45)56(78)69-47(57(79)71-50(59(81)89-65(11,12)13)33-37-54(76)87-63(5,6)7)30-34-51(73)68-49(58(80)88-64(8,9)10)32-36-53(75)86-62(2,3)4/h19-22,25-28,45-50H,17-18,23-24,29-40H2,1-16H3,(H,67,82)(H,68,73)(H,69,78)(H,70,77)(H,71,79)(H,72,83). The van der Waals surface area contributed by atoms with Gasteiger partial charge >= 0.3 is 42.0 Å². The molecule has 5 unspecified atom stereocenters. The Bertz CT molecular complexity index is 2740. The minimum Gasteiger partial charge on any atom is -0.466 e. The average molecular weight is 1270 g/mol. The number of esters is 5. The van der Waals surface area contributed by atoms with Gasteiger partial charge in [0.25, 0.3) is 0 Å². The zero-order chi connectivity index (χ0) is 67.8. The number of hydrogen-bond acceptors (Lipinski definition) is 18. The van der Waals surface area contributed by atoms with Crippen LogP contribution in [0.4, 0.5) is 9.59 Å². The molecule has 0 spiro atoms. The highest BCUT2D eigenvalue weighted by Crippen LogP contribution is 2.44. The molecule has 2 aromatic carbocycles. The molecule has 2 aromatic rings. The fourth-order valence-electron chi connectivity index (χ4n) is 9.14. The van der Waals surface area contributed by atoms with E-state index in [-0.39, 0.29) is 64.2 Å². The molecule has 0 saturated heterocycles. The van der Waals surface area contributed by atoms with Crippen LogP contribution in [0, 0.1) is 0 Å². The molecule has 0 fully saturated rings. The molecule has 1 aliphatic rings. The minimum atomic E-state index is -1.74. The van der Waals surface area contributed by atoms with Gasteiger partial charge in [0.05, 0.1) is 6.61 Å². The van der Waals surface area contributed by atoms with Gasteiger partial charge in [-0.1, -0.05) is 61.9 Å². The summed E-state index contributed by atoms with van der Waals surface area (Å²) in [4.78, 5) is 151. The van der Waals surface area contributed by atoms with Crippen molar-refractivity contribution in [3.05, 3.63) is 59.7 Å². The molecule has 6 N–H and O–H groups in total. The van der Waals surface area contributed by atoms with Gasteiger partial charge in [-0.05, 0) is 177 Å². The first-order valence-electron chi connectivity index (χ1n) is 31.1. The predicted octanol–water partition coefficient (Wildman–Crippen LogP) is 8.36. The highest BCUT2D eigenvalue weighted by Gasteiger charge is 2.36. The van der Waals surface area contributed by atoms with Crippen LogP contribution < -0.4 is 31.9 Å². The molecule has 0 aromatic heterocycles. The van der Waals surface area contributed by atoms with E-state index < -0.39 is 150 Å². The van der Waals surface area contributed by atoms with E-state index in [1.165, 1.54) is 0 Å². The Morgan fingerprint density at radius 3 is 1.27 bits per heavy atom. The van der Waals surface area contributed by atoms with Crippen LogP contribution in [0.3, 0.4) is 0 Å². The molecule has 6 amide bonds. The fraction of sp³-hybridized carbons (Fsp3) is 0.652. The summed E-state index contributed by atoms with van der Waals surface area (Å²) in [5.41, 5.74) is -0.758. The smallest absolute Gasteiger partial charge is 0.407 e. The van der Waals surface area contributed by atoms with Crippen LogP contribution in [-0.4, -0.2) is 144 Å². The first-order valence-corrected chi connectivity index (χ1v) is 31.1. The maximum atomic E-state index is 14.9. The lowest BCUT2D eigenvalue weighted by Gasteiger charge is -2.28. The maximum absolute atomic E-state index is 14.9. The summed E-state index contributed by atoms with van der Waals surface area (Å²) in [6.45, 7) is 26.7. The monoisotopic (exact) mass is 1260 g/mol. The number of nitrogens with one attached hydrogen (secondary N) is 6. The van der Waals surface area contributed by atoms with Gasteiger partial charge in [0.2, 0.25) is 23.6 Å². The van der Waals surface area contributed by atoms with Crippen LogP contribution in [0.1, 0.15) is 211 Å². The molecular formula is C66H100N6O18. The molecule has 0 heterocycles. The Labute approximate surface area is 530 Å². The number of rotatable bonds is 32. The van der Waals surface area contributed by atoms with E-state index in [1.54, 1.807) is 104 Å². The molecule has 0 aliphatic heterocycles. The second-order valence-corrected chi connectivity index (χ2v) is 27.2. The predicted molar refractivity (Wildman–Crippen MR) is 334 cm³/mol. The summed E-state index contributed by atoms with van der Waals surface area (Å²) in [6.07, 6.45) is -3.13. The van der Waals surface area contributed by atoms with Gasteiger partial charge < -0.3 is 65.1 Å². The van der Waals surface area contributed by atoms with E-state index >= 15 is 0 Å². The topological polar surface area (TPSA) is 325 Å². The van der Waals surface area contributed by atoms with Crippen LogP contribution >= 0.6 is 0 Å². The second kappa shape index (κ2) is 35.0. The number of amides is 6. The number of unbranched alkanes of at least 4 members (excludes halogenated alkanes) is 2. The summed E-state index contributed by atoms with van der Waals surface area (Å²) in [5, 5.41) is 15.7. The summed E-state index contributed by atoms with van der Waals surface area (Å²) < 4.78 is 38.6. The van der Waals surface area contributed by atoms with Crippen molar-refractivity contribution in [2.24, 2.45) is 0 Å². The Balaban J connectivity index is 2.07. The Hall–Kier alpha value is -7.79. The number of carbonyl (C=O) groups is 11. The summed E-state index contributed by atoms with van der Waals surface area (Å²) >= 11 is 0. The van der Waals surface area contributed by atoms with Gasteiger partial charge in [-0.3, -0.25) is 33.6 Å². The van der Waals surface area contributed by atoms with E-state index in [2.05, 4.69) is 31.9 Å². The third-order valence-corrected chi connectivity index (χ3v) is 13.0. The molecule has 502 valence electrons. The van der Waals surface area contributed by atoms with Crippen molar-refractivity contribution in [3.63, 3.8) is 0 Å². The van der Waals surface area contributed by atoms with Gasteiger partial charge in [0, 0.05) is 38.1 Å². The van der Waals surface area contributed by atoms with Gasteiger partial charge in [0.15, 0.2) is 0 Å². The van der Waals surface area contributed by atoms with Crippen molar-refractivity contribution in [2.75, 3.05) is 19.8 Å². The molecule has 0 saturated carbocycles. The maximum Gasteiger partial charge on any atom is 0.407 e. The van der Waals surface area contributed by atoms with Crippen LogP contribution in [0.2, 0.25) is 0 Å². The quantitative estimate of drug-likeness (QED) is 0.0228. The largest absolute Gasteiger partial charge is 0.466 e. The highest BCUT2D eigenvalue weighted by atomic mass is 16.6. The molecule has 24 heteroatoms. The summed E-state index contributed by atoms with van der Waals surface area (Å²) in [5.74, 6) is -8.08. The fourth-order valence-corrected chi connectivity index (χ4v) is 9.14. The van der Waals surface area contributed by atoms with Crippen LogP contribution in [-0.2, 0) is 76.3 Å². The molecule has 1 aliphatic carbocycles. The molecular weight excluding hydrogens is 1160 g/mol. The average Bonchev–Trinajstić information content (AvgIpc) is 1.62. The van der Waals surface area contributed by atoms with Crippen molar-refractivity contribution in [1.82, 2.24) is 31.9 Å². The summed E-state index contributed by atoms with van der Waals surface area (Å²) in [7, 11) is 0. The van der Waals surface area contributed by atoms with Gasteiger partial charge in [-0.15, -0.1) is 0 Å². The van der Waals surface area contributed by atoms with Crippen molar-refractivity contribution < 1.29 is 85.9 Å². The Morgan fingerprint density at radius 1 is 0.411 bits per heavy atom. The van der Waals surface area contributed by atoms with E-state index in [9.17, 15) is 52.7 Å². The zero-order valence-corrected chi connectivity index (χ0v) is 55.7. The van der Waals surface area contributed by atoms with E-state index in [0.29, 0.717) is 19.3 Å². The molecule has 0 bridgehead atoms. The lowest BCUT2D eigenvalue weighted by atomic mass is 9.98. The number of alkyl carbamates (subject to hydrolysis) is 2. The number of carbonyl (C=O) groups excluding carboxylic acids is 11. The van der Waals surface area contributed by atoms with Crippen LogP contribution in [0.15, 0.2) is 48.5 Å². The molecule has 24 nitrogen and oxygen atoms in total. The lowest BCUT2D eigenvalue weighted by molar-refractivity contribution is -0.161. The molecule has 3 rings (SSSR count). The van der Waals surface area contributed by atoms with Crippen LogP contribution in [0.5, 0.6) is 0 Å². The Morgan fingerprint density at radius 2 is 0.811 bits per heavy atom. The van der Waals surface area contributed by atoms with Crippen LogP contribution in [0.25, 0.3) is 11.1 Å². The number of ether oxygens (including phenoxy) is 7. The molecule has 5 atom stereocenters. The SMILES string of the molecule is CCCCOC(=O)CCC(NC(=O)C(CCCCNC(=O)OC(C)(C)C)NC(=O)OCC1c2ccccc2-c2ccccc21)C(=O)NC(CCC(=O)NC(CCC(=O)OC(C)(C)C)C(=O)OC(C)(C)C)C(=O)NC(CCC(=O)OC(C)(C)C)C(=O)OC(C)(C)C. The number of hydrogen-bond donors (Lipinski definition) is 6. The zero-order valence-electron chi connectivity index (χ0n) is 55.7. The lowest BCUT2D eigenvalue weighted by Crippen LogP contribution is -2.58. The van der Waals surface area contributed by atoms with E-state index in [1.807, 2.05) is 55.5 Å². The van der Waals surface area contributed by atoms with Gasteiger partial charge in [0.1, 0.15) is 64.8 Å².